The molecule has 0 radical (unpaired) electrons. The maximum absolute atomic E-state index is 12.5. The van der Waals surface area contributed by atoms with Gasteiger partial charge in [-0.1, -0.05) is 20.8 Å². The zero-order valence-corrected chi connectivity index (χ0v) is 10.5. The van der Waals surface area contributed by atoms with Crippen LogP contribution in [0.25, 0.3) is 0 Å². The van der Waals surface area contributed by atoms with Crippen molar-refractivity contribution >= 4 is 0 Å². The van der Waals surface area contributed by atoms with Crippen LogP contribution in [-0.4, -0.2) is 43.0 Å². The Hall–Kier alpha value is -0.220. The van der Waals surface area contributed by atoms with Gasteiger partial charge in [-0.3, -0.25) is 4.90 Å². The summed E-state index contributed by atoms with van der Waals surface area (Å²) in [4.78, 5) is 1.97. The van der Waals surface area contributed by atoms with Gasteiger partial charge in [0.05, 0.1) is 6.54 Å². The fraction of sp³-hybridized carbons (Fsp3) is 1.00. The normalized spacial score (nSPS) is 27.9. The predicted octanol–water partition coefficient (Wildman–Crippen LogP) is 2.35. The Bertz CT molecular complexity index is 197. The molecule has 0 aliphatic carbocycles. The van der Waals surface area contributed by atoms with Crippen LogP contribution in [0.3, 0.4) is 0 Å². The van der Waals surface area contributed by atoms with Gasteiger partial charge in [0.25, 0.3) is 6.43 Å². The number of alkyl halides is 2. The second kappa shape index (κ2) is 6.50. The molecule has 1 heterocycles. The zero-order chi connectivity index (χ0) is 12.1. The summed E-state index contributed by atoms with van der Waals surface area (Å²) in [7, 11) is 0. The summed E-state index contributed by atoms with van der Waals surface area (Å²) in [6, 6.07) is 0.652. The van der Waals surface area contributed by atoms with E-state index in [1.54, 1.807) is 0 Å². The average Bonchev–Trinajstić information content (AvgIpc) is 2.19. The highest BCUT2D eigenvalue weighted by Gasteiger charge is 2.29. The monoisotopic (exact) mass is 234 g/mol. The molecule has 1 fully saturated rings. The SMILES string of the molecule is CCC1CN(CC(F)F)C(CC(C)C)CN1. The molecule has 0 bridgehead atoms. The number of halogens is 2. The fourth-order valence-corrected chi connectivity index (χ4v) is 2.38. The average molecular weight is 234 g/mol. The number of nitrogens with one attached hydrogen (secondary N) is 1. The molecular weight excluding hydrogens is 210 g/mol. The highest BCUT2D eigenvalue weighted by molar-refractivity contribution is 4.86. The summed E-state index contributed by atoms with van der Waals surface area (Å²) in [6.45, 7) is 7.93. The molecule has 0 spiro atoms. The van der Waals surface area contributed by atoms with E-state index in [1.807, 2.05) is 4.90 Å². The summed E-state index contributed by atoms with van der Waals surface area (Å²) in [5.41, 5.74) is 0. The van der Waals surface area contributed by atoms with E-state index in [4.69, 9.17) is 0 Å². The van der Waals surface area contributed by atoms with Gasteiger partial charge >= 0.3 is 0 Å². The quantitative estimate of drug-likeness (QED) is 0.785. The smallest absolute Gasteiger partial charge is 0.251 e. The lowest BCUT2D eigenvalue weighted by molar-refractivity contribution is 0.0362. The van der Waals surface area contributed by atoms with Crippen molar-refractivity contribution in [3.05, 3.63) is 0 Å². The number of hydrogen-bond acceptors (Lipinski definition) is 2. The number of nitrogens with zero attached hydrogens (tertiary/aromatic N) is 1. The van der Waals surface area contributed by atoms with Crippen LogP contribution >= 0.6 is 0 Å². The molecule has 1 rings (SSSR count). The Kier molecular flexibility index (Phi) is 5.62. The topological polar surface area (TPSA) is 15.3 Å². The van der Waals surface area contributed by atoms with E-state index >= 15 is 0 Å². The molecule has 0 amide bonds. The van der Waals surface area contributed by atoms with E-state index in [1.165, 1.54) is 0 Å². The molecule has 16 heavy (non-hydrogen) atoms. The molecule has 2 nitrogen and oxygen atoms in total. The third-order valence-electron chi connectivity index (χ3n) is 3.22. The van der Waals surface area contributed by atoms with E-state index in [0.717, 1.165) is 25.9 Å². The first-order chi connectivity index (χ1) is 7.52. The van der Waals surface area contributed by atoms with Crippen molar-refractivity contribution in [3.8, 4) is 0 Å². The van der Waals surface area contributed by atoms with Gasteiger partial charge in [-0.05, 0) is 18.8 Å². The highest BCUT2D eigenvalue weighted by Crippen LogP contribution is 2.17. The molecule has 1 saturated heterocycles. The van der Waals surface area contributed by atoms with Gasteiger partial charge in [-0.15, -0.1) is 0 Å². The minimum absolute atomic E-state index is 0.0738. The molecule has 2 unspecified atom stereocenters. The van der Waals surface area contributed by atoms with Gasteiger partial charge in [-0.25, -0.2) is 8.78 Å². The van der Waals surface area contributed by atoms with Crippen LogP contribution in [0.2, 0.25) is 0 Å². The molecule has 1 aliphatic rings. The van der Waals surface area contributed by atoms with Crippen molar-refractivity contribution in [1.82, 2.24) is 10.2 Å². The minimum atomic E-state index is -2.22. The molecule has 0 saturated carbocycles. The maximum atomic E-state index is 12.5. The Morgan fingerprint density at radius 1 is 1.38 bits per heavy atom. The van der Waals surface area contributed by atoms with Crippen LogP contribution in [-0.2, 0) is 0 Å². The van der Waals surface area contributed by atoms with Crippen molar-refractivity contribution in [2.75, 3.05) is 19.6 Å². The van der Waals surface area contributed by atoms with Crippen molar-refractivity contribution in [3.63, 3.8) is 0 Å². The first-order valence-corrected chi connectivity index (χ1v) is 6.28. The van der Waals surface area contributed by atoms with Gasteiger partial charge in [0.15, 0.2) is 0 Å². The van der Waals surface area contributed by atoms with E-state index < -0.39 is 6.43 Å². The van der Waals surface area contributed by atoms with Crippen LogP contribution in [0.4, 0.5) is 8.78 Å². The molecule has 4 heteroatoms. The third-order valence-corrected chi connectivity index (χ3v) is 3.22. The van der Waals surface area contributed by atoms with Crippen molar-refractivity contribution in [1.29, 1.82) is 0 Å². The second-order valence-corrected chi connectivity index (χ2v) is 5.14. The number of piperazine rings is 1. The molecule has 1 N–H and O–H groups in total. The summed E-state index contributed by atoms with van der Waals surface area (Å²) >= 11 is 0. The number of hydrogen-bond donors (Lipinski definition) is 1. The van der Waals surface area contributed by atoms with E-state index in [0.29, 0.717) is 12.0 Å². The Morgan fingerprint density at radius 3 is 2.56 bits per heavy atom. The summed E-state index contributed by atoms with van der Waals surface area (Å²) < 4.78 is 25.0. The van der Waals surface area contributed by atoms with Crippen molar-refractivity contribution in [2.45, 2.75) is 52.1 Å². The molecule has 0 aromatic heterocycles. The predicted molar refractivity (Wildman–Crippen MR) is 62.9 cm³/mol. The van der Waals surface area contributed by atoms with Crippen LogP contribution in [0.5, 0.6) is 0 Å². The third kappa shape index (κ3) is 4.34. The van der Waals surface area contributed by atoms with Crippen LogP contribution in [0.1, 0.15) is 33.6 Å². The van der Waals surface area contributed by atoms with E-state index in [2.05, 4.69) is 26.1 Å². The lowest BCUT2D eigenvalue weighted by Crippen LogP contribution is -2.57. The zero-order valence-electron chi connectivity index (χ0n) is 10.5. The summed E-state index contributed by atoms with van der Waals surface area (Å²) in [5, 5.41) is 3.44. The van der Waals surface area contributed by atoms with Crippen LogP contribution < -0.4 is 5.32 Å². The summed E-state index contributed by atoms with van der Waals surface area (Å²) in [6.07, 6.45) is -0.213. The van der Waals surface area contributed by atoms with Crippen LogP contribution in [0.15, 0.2) is 0 Å². The maximum Gasteiger partial charge on any atom is 0.251 e. The molecule has 2 atom stereocenters. The molecule has 0 aromatic carbocycles. The lowest BCUT2D eigenvalue weighted by Gasteiger charge is -2.40. The van der Waals surface area contributed by atoms with Crippen molar-refractivity contribution in [2.24, 2.45) is 5.92 Å². The molecular formula is C12H24F2N2. The first kappa shape index (κ1) is 13.8. The van der Waals surface area contributed by atoms with Gasteiger partial charge < -0.3 is 5.32 Å². The van der Waals surface area contributed by atoms with Gasteiger partial charge in [0.2, 0.25) is 0 Å². The van der Waals surface area contributed by atoms with E-state index in [9.17, 15) is 8.78 Å². The van der Waals surface area contributed by atoms with E-state index in [-0.39, 0.29) is 12.6 Å². The van der Waals surface area contributed by atoms with Gasteiger partial charge in [0.1, 0.15) is 0 Å². The molecule has 1 aliphatic heterocycles. The Morgan fingerprint density at radius 2 is 2.06 bits per heavy atom. The highest BCUT2D eigenvalue weighted by atomic mass is 19.3. The first-order valence-electron chi connectivity index (χ1n) is 6.28. The van der Waals surface area contributed by atoms with Gasteiger partial charge in [0, 0.05) is 25.2 Å². The van der Waals surface area contributed by atoms with Crippen LogP contribution in [0, 0.1) is 5.92 Å². The van der Waals surface area contributed by atoms with Gasteiger partial charge in [-0.2, -0.15) is 0 Å². The lowest BCUT2D eigenvalue weighted by atomic mass is 9.98. The molecule has 0 aromatic rings. The Balaban J connectivity index is 2.52. The summed E-state index contributed by atoms with van der Waals surface area (Å²) in [5.74, 6) is 0.560. The fourth-order valence-electron chi connectivity index (χ4n) is 2.38. The van der Waals surface area contributed by atoms with Crippen molar-refractivity contribution < 1.29 is 8.78 Å². The molecule has 96 valence electrons. The number of rotatable bonds is 5. The standard InChI is InChI=1S/C12H24F2N2/c1-4-10-7-16(8-12(13)14)11(6-15-10)5-9(2)3/h9-12,15H,4-8H2,1-3H3. The Labute approximate surface area is 97.4 Å². The largest absolute Gasteiger partial charge is 0.311 e. The second-order valence-electron chi connectivity index (χ2n) is 5.14. The minimum Gasteiger partial charge on any atom is -0.311 e.